The minimum atomic E-state index is 0.129. The second-order valence-corrected chi connectivity index (χ2v) is 5.21. The molecule has 2 N–H and O–H groups in total. The molecule has 0 saturated heterocycles. The lowest BCUT2D eigenvalue weighted by molar-refractivity contribution is 0.750. The van der Waals surface area contributed by atoms with Crippen molar-refractivity contribution in [2.75, 3.05) is 11.4 Å². The van der Waals surface area contributed by atoms with Gasteiger partial charge in [-0.3, -0.25) is 9.67 Å². The van der Waals surface area contributed by atoms with Gasteiger partial charge in [0.05, 0.1) is 18.3 Å². The molecule has 0 fully saturated rings. The van der Waals surface area contributed by atoms with Crippen LogP contribution in [0.5, 0.6) is 0 Å². The number of nitrogens with two attached hydrogens (primary N) is 1. The van der Waals surface area contributed by atoms with E-state index < -0.39 is 0 Å². The second kappa shape index (κ2) is 4.67. The Morgan fingerprint density at radius 3 is 2.65 bits per heavy atom. The summed E-state index contributed by atoms with van der Waals surface area (Å²) in [7, 11) is 1.94. The van der Waals surface area contributed by atoms with Gasteiger partial charge >= 0.3 is 0 Å². The lowest BCUT2D eigenvalue weighted by atomic mass is 10.1. The van der Waals surface area contributed by atoms with Crippen molar-refractivity contribution < 1.29 is 0 Å². The molecular formula is C15H19N5. The maximum atomic E-state index is 6.11. The van der Waals surface area contributed by atoms with Gasteiger partial charge in [0, 0.05) is 24.5 Å². The van der Waals surface area contributed by atoms with Gasteiger partial charge in [-0.2, -0.15) is 5.10 Å². The van der Waals surface area contributed by atoms with E-state index in [1.165, 1.54) is 11.1 Å². The number of hydrogen-bond donors (Lipinski definition) is 1. The maximum Gasteiger partial charge on any atom is 0.196 e. The molecule has 20 heavy (non-hydrogen) atoms. The van der Waals surface area contributed by atoms with Gasteiger partial charge in [0.2, 0.25) is 0 Å². The van der Waals surface area contributed by atoms with Crippen LogP contribution in [0, 0.1) is 13.8 Å². The smallest absolute Gasteiger partial charge is 0.196 e. The molecule has 2 heterocycles. The summed E-state index contributed by atoms with van der Waals surface area (Å²) in [4.78, 5) is 6.54. The molecule has 0 bridgehead atoms. The number of rotatable bonds is 2. The Hall–Kier alpha value is -2.30. The molecule has 2 aromatic rings. The molecule has 1 aromatic carbocycles. The van der Waals surface area contributed by atoms with E-state index in [2.05, 4.69) is 40.2 Å². The third kappa shape index (κ3) is 1.95. The van der Waals surface area contributed by atoms with Crippen LogP contribution in [0.2, 0.25) is 0 Å². The number of aryl methyl sites for hydroxylation is 3. The topological polar surface area (TPSA) is 59.4 Å². The molecule has 1 aliphatic heterocycles. The zero-order valence-corrected chi connectivity index (χ0v) is 12.0. The summed E-state index contributed by atoms with van der Waals surface area (Å²) in [6.45, 7) is 4.79. The molecule has 3 rings (SSSR count). The van der Waals surface area contributed by atoms with Crippen molar-refractivity contribution in [3.05, 3.63) is 47.3 Å². The van der Waals surface area contributed by atoms with Gasteiger partial charge in [-0.25, -0.2) is 0 Å². The van der Waals surface area contributed by atoms with Crippen molar-refractivity contribution in [2.45, 2.75) is 19.9 Å². The molecule has 0 saturated carbocycles. The van der Waals surface area contributed by atoms with Crippen molar-refractivity contribution >= 4 is 11.6 Å². The summed E-state index contributed by atoms with van der Waals surface area (Å²) >= 11 is 0. The quantitative estimate of drug-likeness (QED) is 0.906. The van der Waals surface area contributed by atoms with E-state index in [9.17, 15) is 0 Å². The number of aromatic nitrogens is 2. The predicted octanol–water partition coefficient (Wildman–Crippen LogP) is 1.91. The lowest BCUT2D eigenvalue weighted by Crippen LogP contribution is -2.36. The summed E-state index contributed by atoms with van der Waals surface area (Å²) in [6.07, 6.45) is 2.05. The van der Waals surface area contributed by atoms with Crippen molar-refractivity contribution in [1.82, 2.24) is 9.78 Å². The van der Waals surface area contributed by atoms with Gasteiger partial charge in [-0.1, -0.05) is 18.2 Å². The Kier molecular flexibility index (Phi) is 2.97. The van der Waals surface area contributed by atoms with Crippen LogP contribution in [-0.2, 0) is 7.05 Å². The molecule has 0 radical (unpaired) electrons. The Bertz CT molecular complexity index is 671. The normalized spacial score (nSPS) is 18.4. The van der Waals surface area contributed by atoms with E-state index in [0.717, 1.165) is 11.4 Å². The van der Waals surface area contributed by atoms with Gasteiger partial charge in [-0.15, -0.1) is 0 Å². The van der Waals surface area contributed by atoms with E-state index in [4.69, 9.17) is 5.73 Å². The zero-order valence-electron chi connectivity index (χ0n) is 12.0. The van der Waals surface area contributed by atoms with E-state index >= 15 is 0 Å². The van der Waals surface area contributed by atoms with Crippen LogP contribution in [0.3, 0.4) is 0 Å². The SMILES string of the molecule is Cc1ccccc1N1C(N)=NCC1c1cn(C)nc1C. The zero-order chi connectivity index (χ0) is 14.3. The molecule has 1 aromatic heterocycles. The highest BCUT2D eigenvalue weighted by atomic mass is 15.3. The summed E-state index contributed by atoms with van der Waals surface area (Å²) in [6, 6.07) is 8.37. The third-order valence-corrected chi connectivity index (χ3v) is 3.77. The van der Waals surface area contributed by atoms with Crippen LogP contribution >= 0.6 is 0 Å². The van der Waals surface area contributed by atoms with Crippen LogP contribution in [0.1, 0.15) is 22.9 Å². The average Bonchev–Trinajstić information content (AvgIpc) is 2.93. The highest BCUT2D eigenvalue weighted by molar-refractivity contribution is 5.98. The lowest BCUT2D eigenvalue weighted by Gasteiger charge is -2.27. The van der Waals surface area contributed by atoms with Crippen LogP contribution < -0.4 is 10.6 Å². The first kappa shape index (κ1) is 12.7. The maximum absolute atomic E-state index is 6.11. The van der Waals surface area contributed by atoms with Crippen LogP contribution in [0.15, 0.2) is 35.5 Å². The molecular weight excluding hydrogens is 250 g/mol. The number of benzene rings is 1. The number of guanidine groups is 1. The van der Waals surface area contributed by atoms with Gasteiger partial charge in [0.1, 0.15) is 0 Å². The number of hydrogen-bond acceptors (Lipinski definition) is 4. The number of anilines is 1. The predicted molar refractivity (Wildman–Crippen MR) is 80.8 cm³/mol. The molecule has 0 amide bonds. The number of para-hydroxylation sites is 1. The van der Waals surface area contributed by atoms with Crippen molar-refractivity contribution in [3.63, 3.8) is 0 Å². The molecule has 5 nitrogen and oxygen atoms in total. The van der Waals surface area contributed by atoms with E-state index in [1.807, 2.05) is 30.8 Å². The van der Waals surface area contributed by atoms with E-state index in [-0.39, 0.29) is 6.04 Å². The standard InChI is InChI=1S/C15H19N5/c1-10-6-4-5-7-13(10)20-14(8-17-15(20)16)12-9-19(3)18-11(12)2/h4-7,9,14H,8H2,1-3H3,(H2,16,17). The fourth-order valence-electron chi connectivity index (χ4n) is 2.81. The molecule has 1 aliphatic rings. The highest BCUT2D eigenvalue weighted by Crippen LogP contribution is 2.33. The first-order chi connectivity index (χ1) is 9.58. The molecule has 5 heteroatoms. The minimum Gasteiger partial charge on any atom is -0.369 e. The molecule has 1 atom stereocenters. The third-order valence-electron chi connectivity index (χ3n) is 3.77. The molecule has 1 unspecified atom stereocenters. The Labute approximate surface area is 118 Å². The van der Waals surface area contributed by atoms with E-state index in [1.54, 1.807) is 0 Å². The van der Waals surface area contributed by atoms with Gasteiger partial charge in [-0.05, 0) is 25.5 Å². The minimum absolute atomic E-state index is 0.129. The van der Waals surface area contributed by atoms with Gasteiger partial charge in [0.25, 0.3) is 0 Å². The second-order valence-electron chi connectivity index (χ2n) is 5.21. The van der Waals surface area contributed by atoms with Crippen LogP contribution in [-0.4, -0.2) is 22.3 Å². The van der Waals surface area contributed by atoms with Gasteiger partial charge < -0.3 is 10.6 Å². The summed E-state index contributed by atoms with van der Waals surface area (Å²) in [5.41, 5.74) is 10.6. The summed E-state index contributed by atoms with van der Waals surface area (Å²) in [5, 5.41) is 4.43. The molecule has 0 spiro atoms. The van der Waals surface area contributed by atoms with Crippen molar-refractivity contribution in [2.24, 2.45) is 17.8 Å². The fourth-order valence-corrected chi connectivity index (χ4v) is 2.81. The fraction of sp³-hybridized carbons (Fsp3) is 0.333. The summed E-state index contributed by atoms with van der Waals surface area (Å²) in [5.74, 6) is 0.576. The average molecular weight is 269 g/mol. The highest BCUT2D eigenvalue weighted by Gasteiger charge is 2.31. The Balaban J connectivity index is 2.05. The Morgan fingerprint density at radius 2 is 2.00 bits per heavy atom. The monoisotopic (exact) mass is 269 g/mol. The van der Waals surface area contributed by atoms with Crippen LogP contribution in [0.25, 0.3) is 0 Å². The first-order valence-corrected chi connectivity index (χ1v) is 6.73. The largest absolute Gasteiger partial charge is 0.369 e. The molecule has 104 valence electrons. The Morgan fingerprint density at radius 1 is 1.25 bits per heavy atom. The first-order valence-electron chi connectivity index (χ1n) is 6.73. The summed E-state index contributed by atoms with van der Waals surface area (Å²) < 4.78 is 1.84. The van der Waals surface area contributed by atoms with Crippen LogP contribution in [0.4, 0.5) is 5.69 Å². The molecule has 0 aliphatic carbocycles. The van der Waals surface area contributed by atoms with Crippen molar-refractivity contribution in [1.29, 1.82) is 0 Å². The number of aliphatic imine (C=N–C) groups is 1. The number of nitrogens with zero attached hydrogens (tertiary/aromatic N) is 4. The van der Waals surface area contributed by atoms with Crippen molar-refractivity contribution in [3.8, 4) is 0 Å². The van der Waals surface area contributed by atoms with Gasteiger partial charge in [0.15, 0.2) is 5.96 Å². The van der Waals surface area contributed by atoms with E-state index in [0.29, 0.717) is 12.5 Å².